The van der Waals surface area contributed by atoms with Crippen LogP contribution in [0, 0.1) is 0 Å². The molecule has 1 N–H and O–H groups in total. The molecule has 1 aromatic heterocycles. The first-order chi connectivity index (χ1) is 7.38. The summed E-state index contributed by atoms with van der Waals surface area (Å²) in [7, 11) is 1.95. The molecule has 78 valence electrons. The van der Waals surface area contributed by atoms with Crippen molar-refractivity contribution in [3.05, 3.63) is 35.3 Å². The summed E-state index contributed by atoms with van der Waals surface area (Å²) in [4.78, 5) is 1.20. The number of hydrogen-bond acceptors (Lipinski definition) is 5. The lowest BCUT2D eigenvalue weighted by atomic mass is 10.2. The number of nitrogens with one attached hydrogen (secondary N) is 1. The van der Waals surface area contributed by atoms with Crippen LogP contribution in [-0.4, -0.2) is 17.2 Å². The number of nitrogens with zero attached hydrogens (tertiary/aromatic N) is 2. The molecule has 2 rings (SSSR count). The summed E-state index contributed by atoms with van der Waals surface area (Å²) in [5.74, 6) is 0. The average Bonchev–Trinajstić information content (AvgIpc) is 2.74. The predicted octanol–water partition coefficient (Wildman–Crippen LogP) is 2.41. The summed E-state index contributed by atoms with van der Waals surface area (Å²) < 4.78 is 0.983. The number of benzene rings is 1. The smallest absolute Gasteiger partial charge is 0.178 e. The van der Waals surface area contributed by atoms with E-state index in [1.807, 2.05) is 7.05 Å². The molecule has 1 heterocycles. The summed E-state index contributed by atoms with van der Waals surface area (Å²) in [6, 6.07) is 8.47. The first kappa shape index (κ1) is 10.6. The molecule has 0 atom stereocenters. The summed E-state index contributed by atoms with van der Waals surface area (Å²) >= 11 is 3.21. The molecule has 0 aliphatic rings. The Balaban J connectivity index is 2.04. The zero-order chi connectivity index (χ0) is 10.5. The fourth-order valence-electron chi connectivity index (χ4n) is 1.19. The lowest BCUT2D eigenvalue weighted by Gasteiger charge is -2.01. The maximum absolute atomic E-state index is 3.99. The van der Waals surface area contributed by atoms with Crippen LogP contribution in [0.15, 0.2) is 39.0 Å². The maximum atomic E-state index is 3.99. The zero-order valence-corrected chi connectivity index (χ0v) is 9.94. The van der Waals surface area contributed by atoms with Gasteiger partial charge in [0.2, 0.25) is 0 Å². The van der Waals surface area contributed by atoms with E-state index in [9.17, 15) is 0 Å². The number of hydrogen-bond donors (Lipinski definition) is 1. The molecule has 15 heavy (non-hydrogen) atoms. The molecule has 5 heteroatoms. The van der Waals surface area contributed by atoms with Gasteiger partial charge in [-0.3, -0.25) is 0 Å². The SMILES string of the molecule is CNCc1ccc(Sc2nncs2)cc1. The van der Waals surface area contributed by atoms with Gasteiger partial charge in [0.1, 0.15) is 5.51 Å². The summed E-state index contributed by atoms with van der Waals surface area (Å²) in [5, 5.41) is 10.9. The largest absolute Gasteiger partial charge is 0.316 e. The van der Waals surface area contributed by atoms with E-state index >= 15 is 0 Å². The van der Waals surface area contributed by atoms with Crippen LogP contribution in [0.1, 0.15) is 5.56 Å². The standard InChI is InChI=1S/C10H11N3S2/c1-11-6-8-2-4-9(5-3-8)15-10-13-12-7-14-10/h2-5,7,11H,6H2,1H3. The van der Waals surface area contributed by atoms with E-state index in [0.29, 0.717) is 0 Å². The summed E-state index contributed by atoms with van der Waals surface area (Å²) in [6.07, 6.45) is 0. The third-order valence-corrected chi connectivity index (χ3v) is 3.64. The normalized spacial score (nSPS) is 10.5. The molecular formula is C10H11N3S2. The van der Waals surface area contributed by atoms with Gasteiger partial charge in [-0.05, 0) is 24.7 Å². The van der Waals surface area contributed by atoms with E-state index in [1.165, 1.54) is 10.5 Å². The van der Waals surface area contributed by atoms with Crippen molar-refractivity contribution in [2.24, 2.45) is 0 Å². The maximum Gasteiger partial charge on any atom is 0.178 e. The minimum absolute atomic E-state index is 0.907. The van der Waals surface area contributed by atoms with Crippen LogP contribution < -0.4 is 5.32 Å². The third-order valence-electron chi connectivity index (χ3n) is 1.85. The predicted molar refractivity (Wildman–Crippen MR) is 63.2 cm³/mol. The van der Waals surface area contributed by atoms with Gasteiger partial charge in [0, 0.05) is 11.4 Å². The van der Waals surface area contributed by atoms with E-state index in [1.54, 1.807) is 28.6 Å². The average molecular weight is 237 g/mol. The van der Waals surface area contributed by atoms with Gasteiger partial charge in [0.25, 0.3) is 0 Å². The lowest BCUT2D eigenvalue weighted by Crippen LogP contribution is -2.04. The minimum Gasteiger partial charge on any atom is -0.316 e. The first-order valence-electron chi connectivity index (χ1n) is 4.56. The van der Waals surface area contributed by atoms with Gasteiger partial charge in [-0.25, -0.2) is 0 Å². The number of aromatic nitrogens is 2. The highest BCUT2D eigenvalue weighted by Crippen LogP contribution is 2.28. The monoisotopic (exact) mass is 237 g/mol. The molecule has 2 aromatic rings. The van der Waals surface area contributed by atoms with Crippen molar-refractivity contribution in [1.29, 1.82) is 0 Å². The molecule has 3 nitrogen and oxygen atoms in total. The van der Waals surface area contributed by atoms with Gasteiger partial charge in [0.05, 0.1) is 0 Å². The lowest BCUT2D eigenvalue weighted by molar-refractivity contribution is 0.817. The van der Waals surface area contributed by atoms with Gasteiger partial charge in [-0.15, -0.1) is 10.2 Å². The highest BCUT2D eigenvalue weighted by Gasteiger charge is 2.00. The first-order valence-corrected chi connectivity index (χ1v) is 6.25. The summed E-state index contributed by atoms with van der Waals surface area (Å²) in [6.45, 7) is 0.907. The van der Waals surface area contributed by atoms with Crippen molar-refractivity contribution in [3.63, 3.8) is 0 Å². The molecule has 0 saturated heterocycles. The molecule has 0 unspecified atom stereocenters. The molecule has 0 bridgehead atoms. The van der Waals surface area contributed by atoms with Crippen LogP contribution in [0.25, 0.3) is 0 Å². The highest BCUT2D eigenvalue weighted by molar-refractivity contribution is 8.01. The second-order valence-electron chi connectivity index (χ2n) is 2.98. The molecular weight excluding hydrogens is 226 g/mol. The quantitative estimate of drug-likeness (QED) is 0.886. The van der Waals surface area contributed by atoms with Crippen molar-refractivity contribution in [1.82, 2.24) is 15.5 Å². The molecule has 0 radical (unpaired) electrons. The molecule has 0 aliphatic carbocycles. The van der Waals surface area contributed by atoms with Crippen molar-refractivity contribution in [2.45, 2.75) is 15.8 Å². The van der Waals surface area contributed by atoms with E-state index in [0.717, 1.165) is 10.9 Å². The molecule has 1 aromatic carbocycles. The Kier molecular flexibility index (Phi) is 3.71. The van der Waals surface area contributed by atoms with E-state index < -0.39 is 0 Å². The minimum atomic E-state index is 0.907. The molecule has 0 fully saturated rings. The van der Waals surface area contributed by atoms with Crippen LogP contribution >= 0.6 is 23.1 Å². The van der Waals surface area contributed by atoms with Crippen molar-refractivity contribution < 1.29 is 0 Å². The zero-order valence-electron chi connectivity index (χ0n) is 8.30. The Bertz CT molecular complexity index is 397. The highest BCUT2D eigenvalue weighted by atomic mass is 32.2. The van der Waals surface area contributed by atoms with Crippen LogP contribution in [0.2, 0.25) is 0 Å². The van der Waals surface area contributed by atoms with Crippen LogP contribution in [-0.2, 0) is 6.54 Å². The van der Waals surface area contributed by atoms with Crippen LogP contribution in [0.5, 0.6) is 0 Å². The second-order valence-corrected chi connectivity index (χ2v) is 5.13. The van der Waals surface area contributed by atoms with Gasteiger partial charge < -0.3 is 5.32 Å². The van der Waals surface area contributed by atoms with E-state index in [2.05, 4.69) is 39.8 Å². The van der Waals surface area contributed by atoms with Gasteiger partial charge in [0.15, 0.2) is 4.34 Å². The van der Waals surface area contributed by atoms with Crippen molar-refractivity contribution >= 4 is 23.1 Å². The van der Waals surface area contributed by atoms with Crippen molar-refractivity contribution in [3.8, 4) is 0 Å². The van der Waals surface area contributed by atoms with Gasteiger partial charge in [-0.1, -0.05) is 35.2 Å². The third kappa shape index (κ3) is 3.02. The Hall–Kier alpha value is -0.910. The van der Waals surface area contributed by atoms with E-state index in [4.69, 9.17) is 0 Å². The Morgan fingerprint density at radius 1 is 1.33 bits per heavy atom. The Morgan fingerprint density at radius 2 is 2.13 bits per heavy atom. The Labute approximate surface area is 96.9 Å². The van der Waals surface area contributed by atoms with E-state index in [-0.39, 0.29) is 0 Å². The molecule has 0 aliphatic heterocycles. The fourth-order valence-corrected chi connectivity index (χ4v) is 2.64. The van der Waals surface area contributed by atoms with Gasteiger partial charge >= 0.3 is 0 Å². The van der Waals surface area contributed by atoms with Crippen LogP contribution in [0.4, 0.5) is 0 Å². The second kappa shape index (κ2) is 5.25. The molecule has 0 saturated carbocycles. The molecule has 0 spiro atoms. The van der Waals surface area contributed by atoms with Gasteiger partial charge in [-0.2, -0.15) is 0 Å². The number of rotatable bonds is 4. The fraction of sp³-hybridized carbons (Fsp3) is 0.200. The Morgan fingerprint density at radius 3 is 2.73 bits per heavy atom. The molecule has 0 amide bonds. The topological polar surface area (TPSA) is 37.8 Å². The van der Waals surface area contributed by atoms with Crippen molar-refractivity contribution in [2.75, 3.05) is 7.05 Å². The summed E-state index contributed by atoms with van der Waals surface area (Å²) in [5.41, 5.74) is 3.04. The van der Waals surface area contributed by atoms with Crippen LogP contribution in [0.3, 0.4) is 0 Å².